The number of imidazole rings is 1. The Morgan fingerprint density at radius 2 is 2.06 bits per heavy atom. The highest BCUT2D eigenvalue weighted by atomic mass is 16.1. The van der Waals surface area contributed by atoms with Crippen LogP contribution in [0.5, 0.6) is 0 Å². The molecule has 1 aromatic carbocycles. The van der Waals surface area contributed by atoms with Gasteiger partial charge in [0.15, 0.2) is 6.29 Å². The second-order valence-corrected chi connectivity index (χ2v) is 4.74. The summed E-state index contributed by atoms with van der Waals surface area (Å²) in [6, 6.07) is 6.49. The van der Waals surface area contributed by atoms with Crippen molar-refractivity contribution in [2.24, 2.45) is 7.05 Å². The van der Waals surface area contributed by atoms with Crippen LogP contribution >= 0.6 is 0 Å². The molecule has 2 aromatic rings. The Morgan fingerprint density at radius 3 is 2.72 bits per heavy atom. The van der Waals surface area contributed by atoms with E-state index in [9.17, 15) is 4.79 Å². The lowest BCUT2D eigenvalue weighted by Gasteiger charge is -2.08. The molecule has 1 aromatic heterocycles. The average Bonchev–Trinajstić information content (AvgIpc) is 2.69. The normalized spacial score (nSPS) is 10.6. The first kappa shape index (κ1) is 12.6. The van der Waals surface area contributed by atoms with E-state index in [1.807, 2.05) is 11.6 Å². The van der Waals surface area contributed by atoms with Gasteiger partial charge in [-0.1, -0.05) is 23.8 Å². The summed E-state index contributed by atoms with van der Waals surface area (Å²) < 4.78 is 1.92. The van der Waals surface area contributed by atoms with Gasteiger partial charge in [0, 0.05) is 12.7 Å². The van der Waals surface area contributed by atoms with Crippen LogP contribution in [-0.4, -0.2) is 15.8 Å². The molecule has 0 aliphatic rings. The van der Waals surface area contributed by atoms with Crippen LogP contribution < -0.4 is 0 Å². The second kappa shape index (κ2) is 5.17. The Kier molecular flexibility index (Phi) is 3.60. The minimum Gasteiger partial charge on any atom is -0.337 e. The van der Waals surface area contributed by atoms with Crippen LogP contribution in [-0.2, 0) is 19.9 Å². The molecule has 0 bridgehead atoms. The lowest BCUT2D eigenvalue weighted by atomic mass is 10.0. The van der Waals surface area contributed by atoms with E-state index in [-0.39, 0.29) is 0 Å². The fourth-order valence-corrected chi connectivity index (χ4v) is 2.26. The van der Waals surface area contributed by atoms with Crippen LogP contribution in [0.2, 0.25) is 0 Å². The third-order valence-electron chi connectivity index (χ3n) is 3.33. The van der Waals surface area contributed by atoms with E-state index in [0.717, 1.165) is 24.8 Å². The maximum Gasteiger partial charge on any atom is 0.170 e. The second-order valence-electron chi connectivity index (χ2n) is 4.74. The van der Waals surface area contributed by atoms with Gasteiger partial charge >= 0.3 is 0 Å². The molecule has 0 aliphatic heterocycles. The largest absolute Gasteiger partial charge is 0.337 e. The lowest BCUT2D eigenvalue weighted by molar-refractivity contribution is 0.111. The summed E-state index contributed by atoms with van der Waals surface area (Å²) in [6.07, 6.45) is 4.30. The van der Waals surface area contributed by atoms with Gasteiger partial charge < -0.3 is 4.57 Å². The summed E-state index contributed by atoms with van der Waals surface area (Å²) in [6.45, 7) is 4.23. The predicted molar refractivity (Wildman–Crippen MR) is 71.9 cm³/mol. The van der Waals surface area contributed by atoms with Crippen molar-refractivity contribution < 1.29 is 4.79 Å². The Bertz CT molecular complexity index is 570. The smallest absolute Gasteiger partial charge is 0.170 e. The first-order valence-corrected chi connectivity index (χ1v) is 6.13. The van der Waals surface area contributed by atoms with Crippen LogP contribution in [0.15, 0.2) is 24.5 Å². The maximum absolute atomic E-state index is 10.9. The molecule has 0 amide bonds. The predicted octanol–water partition coefficient (Wildman–Crippen LogP) is 2.63. The first-order valence-electron chi connectivity index (χ1n) is 6.13. The number of aromatic nitrogens is 2. The van der Waals surface area contributed by atoms with Gasteiger partial charge in [-0.3, -0.25) is 4.79 Å². The number of benzene rings is 1. The number of aryl methyl sites for hydroxylation is 4. The van der Waals surface area contributed by atoms with Crippen molar-refractivity contribution in [2.45, 2.75) is 26.7 Å². The third kappa shape index (κ3) is 2.50. The number of carbonyl (C=O) groups excluding carboxylic acids is 1. The average molecular weight is 242 g/mol. The molecule has 0 N–H and O–H groups in total. The van der Waals surface area contributed by atoms with E-state index in [1.165, 1.54) is 16.7 Å². The Hall–Kier alpha value is -1.90. The molecule has 0 aliphatic carbocycles. The number of rotatable bonds is 4. The molecule has 0 spiro atoms. The molecule has 0 fully saturated rings. The van der Waals surface area contributed by atoms with Crippen molar-refractivity contribution in [1.82, 2.24) is 9.55 Å². The van der Waals surface area contributed by atoms with E-state index >= 15 is 0 Å². The number of nitrogens with zero attached hydrogens (tertiary/aromatic N) is 2. The van der Waals surface area contributed by atoms with E-state index in [1.54, 1.807) is 6.33 Å². The molecule has 2 rings (SSSR count). The van der Waals surface area contributed by atoms with E-state index in [4.69, 9.17) is 0 Å². The first-order chi connectivity index (χ1) is 8.61. The van der Waals surface area contributed by atoms with Gasteiger partial charge in [0.1, 0.15) is 5.69 Å². The molecule has 0 saturated heterocycles. The highest BCUT2D eigenvalue weighted by Crippen LogP contribution is 2.14. The highest BCUT2D eigenvalue weighted by molar-refractivity contribution is 5.73. The standard InChI is InChI=1S/C15H18N2O/c1-11-4-5-13(12(2)8-11)6-7-15-14(9-18)16-10-17(15)3/h4-5,8-10H,6-7H2,1-3H3. The van der Waals surface area contributed by atoms with Gasteiger partial charge in [0.05, 0.1) is 6.33 Å². The van der Waals surface area contributed by atoms with Gasteiger partial charge in [-0.25, -0.2) is 4.98 Å². The van der Waals surface area contributed by atoms with Crippen molar-refractivity contribution in [2.75, 3.05) is 0 Å². The zero-order valence-electron chi connectivity index (χ0n) is 11.1. The minimum atomic E-state index is 0.558. The topological polar surface area (TPSA) is 34.9 Å². The quantitative estimate of drug-likeness (QED) is 0.772. The number of hydrogen-bond donors (Lipinski definition) is 0. The summed E-state index contributed by atoms with van der Waals surface area (Å²) >= 11 is 0. The van der Waals surface area contributed by atoms with Crippen LogP contribution in [0.1, 0.15) is 32.9 Å². The molecule has 3 nitrogen and oxygen atoms in total. The van der Waals surface area contributed by atoms with Gasteiger partial charge in [-0.15, -0.1) is 0 Å². The monoisotopic (exact) mass is 242 g/mol. The summed E-state index contributed by atoms with van der Waals surface area (Å²) in [5.41, 5.74) is 5.49. The SMILES string of the molecule is Cc1ccc(CCc2c(C=O)ncn2C)c(C)c1. The maximum atomic E-state index is 10.9. The van der Waals surface area contributed by atoms with Crippen molar-refractivity contribution >= 4 is 6.29 Å². The van der Waals surface area contributed by atoms with Crippen LogP contribution in [0.3, 0.4) is 0 Å². The van der Waals surface area contributed by atoms with Gasteiger partial charge in [-0.05, 0) is 37.8 Å². The number of aldehydes is 1. The molecule has 3 heteroatoms. The molecule has 0 radical (unpaired) electrons. The number of carbonyl (C=O) groups is 1. The molecule has 18 heavy (non-hydrogen) atoms. The van der Waals surface area contributed by atoms with Crippen molar-refractivity contribution in [3.63, 3.8) is 0 Å². The fraction of sp³-hybridized carbons (Fsp3) is 0.333. The minimum absolute atomic E-state index is 0.558. The Balaban J connectivity index is 2.16. The third-order valence-corrected chi connectivity index (χ3v) is 3.33. The molecule has 1 heterocycles. The van der Waals surface area contributed by atoms with Crippen molar-refractivity contribution in [3.05, 3.63) is 52.6 Å². The van der Waals surface area contributed by atoms with Gasteiger partial charge in [-0.2, -0.15) is 0 Å². The summed E-state index contributed by atoms with van der Waals surface area (Å²) in [5, 5.41) is 0. The molecule has 0 saturated carbocycles. The number of hydrogen-bond acceptors (Lipinski definition) is 2. The Morgan fingerprint density at radius 1 is 1.28 bits per heavy atom. The molecular formula is C15H18N2O. The van der Waals surface area contributed by atoms with Gasteiger partial charge in [0.2, 0.25) is 0 Å². The molecule has 94 valence electrons. The summed E-state index contributed by atoms with van der Waals surface area (Å²) in [4.78, 5) is 15.0. The van der Waals surface area contributed by atoms with Gasteiger partial charge in [0.25, 0.3) is 0 Å². The summed E-state index contributed by atoms with van der Waals surface area (Å²) in [5.74, 6) is 0. The molecule has 0 unspecified atom stereocenters. The molecular weight excluding hydrogens is 224 g/mol. The molecule has 0 atom stereocenters. The van der Waals surface area contributed by atoms with Crippen molar-refractivity contribution in [1.29, 1.82) is 0 Å². The highest BCUT2D eigenvalue weighted by Gasteiger charge is 2.08. The van der Waals surface area contributed by atoms with Crippen LogP contribution in [0.25, 0.3) is 0 Å². The zero-order chi connectivity index (χ0) is 13.1. The van der Waals surface area contributed by atoms with E-state index in [2.05, 4.69) is 37.0 Å². The van der Waals surface area contributed by atoms with Crippen LogP contribution in [0, 0.1) is 13.8 Å². The zero-order valence-corrected chi connectivity index (χ0v) is 11.1. The fourth-order valence-electron chi connectivity index (χ4n) is 2.26. The van der Waals surface area contributed by atoms with E-state index in [0.29, 0.717) is 5.69 Å². The lowest BCUT2D eigenvalue weighted by Crippen LogP contribution is -2.02. The van der Waals surface area contributed by atoms with Crippen LogP contribution in [0.4, 0.5) is 0 Å². The summed E-state index contributed by atoms with van der Waals surface area (Å²) in [7, 11) is 1.93. The van der Waals surface area contributed by atoms with E-state index < -0.39 is 0 Å². The van der Waals surface area contributed by atoms with Crippen molar-refractivity contribution in [3.8, 4) is 0 Å². The Labute approximate surface area is 107 Å².